The van der Waals surface area contributed by atoms with Gasteiger partial charge in [-0.1, -0.05) is 6.92 Å². The van der Waals surface area contributed by atoms with Gasteiger partial charge < -0.3 is 9.84 Å². The predicted molar refractivity (Wildman–Crippen MR) is 42.3 cm³/mol. The molecular weight excluding hydrogens is 156 g/mol. The molecule has 3 heteroatoms. The van der Waals surface area contributed by atoms with Crippen molar-refractivity contribution < 1.29 is 14.6 Å². The van der Waals surface area contributed by atoms with Gasteiger partial charge in [-0.2, -0.15) is 0 Å². The van der Waals surface area contributed by atoms with Gasteiger partial charge in [-0.25, -0.2) is 0 Å². The zero-order valence-electron chi connectivity index (χ0n) is 7.19. The molecule has 2 aliphatic rings. The van der Waals surface area contributed by atoms with Gasteiger partial charge in [0.05, 0.1) is 18.6 Å². The van der Waals surface area contributed by atoms with Crippen LogP contribution in [0.5, 0.6) is 0 Å². The third-order valence-electron chi connectivity index (χ3n) is 3.23. The van der Waals surface area contributed by atoms with Crippen LogP contribution in [-0.2, 0) is 9.53 Å². The van der Waals surface area contributed by atoms with Crippen molar-refractivity contribution in [2.75, 3.05) is 6.61 Å². The Kier molecular flexibility index (Phi) is 1.83. The number of esters is 1. The molecule has 0 aromatic rings. The van der Waals surface area contributed by atoms with Crippen LogP contribution in [0.15, 0.2) is 0 Å². The zero-order chi connectivity index (χ0) is 8.72. The molecule has 68 valence electrons. The van der Waals surface area contributed by atoms with Gasteiger partial charge in [-0.05, 0) is 24.7 Å². The second kappa shape index (κ2) is 2.73. The minimum atomic E-state index is -0.300. The largest absolute Gasteiger partial charge is 0.465 e. The Labute approximate surface area is 71.7 Å². The quantitative estimate of drug-likeness (QED) is 0.540. The van der Waals surface area contributed by atoms with E-state index in [1.165, 1.54) is 0 Å². The number of ether oxygens (including phenoxy) is 1. The van der Waals surface area contributed by atoms with Crippen molar-refractivity contribution in [3.05, 3.63) is 0 Å². The zero-order valence-corrected chi connectivity index (χ0v) is 7.19. The third-order valence-corrected chi connectivity index (χ3v) is 3.23. The second-order valence-corrected chi connectivity index (χ2v) is 3.90. The Morgan fingerprint density at radius 3 is 3.00 bits per heavy atom. The first-order valence-electron chi connectivity index (χ1n) is 4.55. The summed E-state index contributed by atoms with van der Waals surface area (Å²) in [6, 6.07) is 0. The number of rotatable bonds is 0. The van der Waals surface area contributed by atoms with E-state index in [-0.39, 0.29) is 23.9 Å². The van der Waals surface area contributed by atoms with Crippen LogP contribution in [0.4, 0.5) is 0 Å². The summed E-state index contributed by atoms with van der Waals surface area (Å²) in [4.78, 5) is 11.3. The number of carbonyl (C=O) groups is 1. The molecule has 4 unspecified atom stereocenters. The van der Waals surface area contributed by atoms with Crippen molar-refractivity contribution in [1.29, 1.82) is 0 Å². The number of carbonyl (C=O) groups excluding carboxylic acids is 1. The number of aliphatic hydroxyl groups excluding tert-OH is 1. The van der Waals surface area contributed by atoms with E-state index < -0.39 is 0 Å². The van der Waals surface area contributed by atoms with Crippen molar-refractivity contribution in [3.63, 3.8) is 0 Å². The van der Waals surface area contributed by atoms with E-state index in [9.17, 15) is 9.90 Å². The van der Waals surface area contributed by atoms with E-state index in [1.807, 2.05) is 6.92 Å². The van der Waals surface area contributed by atoms with Crippen LogP contribution in [0.2, 0.25) is 0 Å². The fourth-order valence-corrected chi connectivity index (χ4v) is 2.45. The van der Waals surface area contributed by atoms with Gasteiger partial charge in [0.15, 0.2) is 0 Å². The fourth-order valence-electron chi connectivity index (χ4n) is 2.45. The molecule has 1 N–H and O–H groups in total. The van der Waals surface area contributed by atoms with E-state index >= 15 is 0 Å². The van der Waals surface area contributed by atoms with Crippen molar-refractivity contribution in [2.45, 2.75) is 25.9 Å². The summed E-state index contributed by atoms with van der Waals surface area (Å²) in [7, 11) is 0. The van der Waals surface area contributed by atoms with Gasteiger partial charge in [0.2, 0.25) is 0 Å². The molecule has 0 amide bonds. The molecule has 1 saturated heterocycles. The Morgan fingerprint density at radius 1 is 1.58 bits per heavy atom. The Morgan fingerprint density at radius 2 is 2.33 bits per heavy atom. The average Bonchev–Trinajstić information content (AvgIpc) is 2.29. The molecule has 0 bridgehead atoms. The lowest BCUT2D eigenvalue weighted by Gasteiger charge is -2.25. The Bertz CT molecular complexity index is 202. The number of fused-ring (bicyclic) bond motifs is 1. The van der Waals surface area contributed by atoms with Crippen LogP contribution in [0, 0.1) is 17.8 Å². The predicted octanol–water partition coefficient (Wildman–Crippen LogP) is 0.566. The number of cyclic esters (lactones) is 1. The highest BCUT2D eigenvalue weighted by Gasteiger charge is 2.46. The molecule has 1 heterocycles. The smallest absolute Gasteiger partial charge is 0.309 e. The van der Waals surface area contributed by atoms with E-state index in [2.05, 4.69) is 0 Å². The van der Waals surface area contributed by atoms with E-state index in [0.29, 0.717) is 12.5 Å². The normalized spacial score (nSPS) is 47.0. The molecule has 2 fully saturated rings. The first-order valence-corrected chi connectivity index (χ1v) is 4.55. The van der Waals surface area contributed by atoms with Crippen molar-refractivity contribution in [2.24, 2.45) is 17.8 Å². The Hall–Kier alpha value is -0.570. The molecule has 0 radical (unpaired) electrons. The van der Waals surface area contributed by atoms with Crippen molar-refractivity contribution in [1.82, 2.24) is 0 Å². The molecule has 4 atom stereocenters. The number of aliphatic hydroxyl groups is 1. The van der Waals surface area contributed by atoms with Gasteiger partial charge in [0.25, 0.3) is 0 Å². The molecule has 12 heavy (non-hydrogen) atoms. The highest BCUT2D eigenvalue weighted by atomic mass is 16.5. The molecule has 3 nitrogen and oxygen atoms in total. The van der Waals surface area contributed by atoms with Gasteiger partial charge in [-0.15, -0.1) is 0 Å². The van der Waals surface area contributed by atoms with Crippen LogP contribution in [-0.4, -0.2) is 23.8 Å². The maximum atomic E-state index is 11.3. The topological polar surface area (TPSA) is 46.5 Å². The summed E-state index contributed by atoms with van der Waals surface area (Å²) in [6.07, 6.45) is 1.41. The highest BCUT2D eigenvalue weighted by Crippen LogP contribution is 2.41. The summed E-state index contributed by atoms with van der Waals surface area (Å²) in [5.41, 5.74) is 0. The molecular formula is C9H14O3. The monoisotopic (exact) mass is 170 g/mol. The van der Waals surface area contributed by atoms with Gasteiger partial charge in [0, 0.05) is 0 Å². The number of hydrogen-bond acceptors (Lipinski definition) is 3. The molecule has 1 saturated carbocycles. The van der Waals surface area contributed by atoms with Gasteiger partial charge in [-0.3, -0.25) is 4.79 Å². The summed E-state index contributed by atoms with van der Waals surface area (Å²) >= 11 is 0. The summed E-state index contributed by atoms with van der Waals surface area (Å²) in [5.74, 6) is 0.322. The first-order chi connectivity index (χ1) is 5.70. The van der Waals surface area contributed by atoms with Crippen LogP contribution < -0.4 is 0 Å². The molecule has 1 aliphatic carbocycles. The minimum absolute atomic E-state index is 0.0336. The first kappa shape index (κ1) is 8.05. The second-order valence-electron chi connectivity index (χ2n) is 3.90. The Balaban J connectivity index is 2.17. The summed E-state index contributed by atoms with van der Waals surface area (Å²) < 4.78 is 4.96. The van der Waals surface area contributed by atoms with Crippen molar-refractivity contribution in [3.8, 4) is 0 Å². The maximum Gasteiger partial charge on any atom is 0.309 e. The molecule has 0 aromatic heterocycles. The minimum Gasteiger partial charge on any atom is -0.465 e. The lowest BCUT2D eigenvalue weighted by atomic mass is 9.87. The van der Waals surface area contributed by atoms with Crippen molar-refractivity contribution >= 4 is 5.97 Å². The van der Waals surface area contributed by atoms with Gasteiger partial charge in [0.1, 0.15) is 0 Å². The fraction of sp³-hybridized carbons (Fsp3) is 0.889. The molecule has 1 aliphatic heterocycles. The molecule has 0 aromatic carbocycles. The lowest BCUT2D eigenvalue weighted by Crippen LogP contribution is -2.32. The van der Waals surface area contributed by atoms with Crippen LogP contribution in [0.1, 0.15) is 19.8 Å². The molecule has 2 rings (SSSR count). The SMILES string of the molecule is CC1C(O)CC2CCOC(=O)C21. The molecule has 0 spiro atoms. The average molecular weight is 170 g/mol. The standard InChI is InChI=1S/C9H14O3/c1-5-7(10)4-6-2-3-12-9(11)8(5)6/h5-8,10H,2-4H2,1H3. The van der Waals surface area contributed by atoms with E-state index in [0.717, 1.165) is 12.8 Å². The highest BCUT2D eigenvalue weighted by molar-refractivity contribution is 5.74. The van der Waals surface area contributed by atoms with Crippen LogP contribution in [0.3, 0.4) is 0 Å². The summed E-state index contributed by atoms with van der Waals surface area (Å²) in [5, 5.41) is 9.54. The third kappa shape index (κ3) is 1.04. The summed E-state index contributed by atoms with van der Waals surface area (Å²) in [6.45, 7) is 2.47. The van der Waals surface area contributed by atoms with E-state index in [4.69, 9.17) is 4.74 Å². The lowest BCUT2D eigenvalue weighted by molar-refractivity contribution is -0.157. The van der Waals surface area contributed by atoms with Crippen LogP contribution >= 0.6 is 0 Å². The number of hydrogen-bond donors (Lipinski definition) is 1. The van der Waals surface area contributed by atoms with Crippen LogP contribution in [0.25, 0.3) is 0 Å². The maximum absolute atomic E-state index is 11.3. The van der Waals surface area contributed by atoms with E-state index in [1.54, 1.807) is 0 Å². The van der Waals surface area contributed by atoms with Gasteiger partial charge >= 0.3 is 5.97 Å².